The Morgan fingerprint density at radius 3 is 2.65 bits per heavy atom. The number of hydrogen-bond acceptors (Lipinski definition) is 6. The fourth-order valence-corrected chi connectivity index (χ4v) is 2.83. The van der Waals surface area contributed by atoms with Crippen molar-refractivity contribution in [2.24, 2.45) is 7.05 Å². The summed E-state index contributed by atoms with van der Waals surface area (Å²) in [6.07, 6.45) is -4.42. The van der Waals surface area contributed by atoms with Gasteiger partial charge in [-0.2, -0.15) is 13.2 Å². The number of thioether (sulfide) groups is 1. The zero-order valence-electron chi connectivity index (χ0n) is 12.8. The summed E-state index contributed by atoms with van der Waals surface area (Å²) in [5.41, 5.74) is 0. The van der Waals surface area contributed by atoms with Gasteiger partial charge in [0.15, 0.2) is 5.16 Å². The van der Waals surface area contributed by atoms with E-state index in [0.29, 0.717) is 37.4 Å². The van der Waals surface area contributed by atoms with Gasteiger partial charge >= 0.3 is 6.18 Å². The Balaban J connectivity index is 1.94. The van der Waals surface area contributed by atoms with Gasteiger partial charge in [-0.1, -0.05) is 11.8 Å². The monoisotopic (exact) mass is 353 g/mol. The zero-order chi connectivity index (χ0) is 17.0. The molecule has 1 saturated heterocycles. The zero-order valence-corrected chi connectivity index (χ0v) is 13.6. The maximum absolute atomic E-state index is 12.1. The summed E-state index contributed by atoms with van der Waals surface area (Å²) >= 11 is 1.07. The van der Waals surface area contributed by atoms with Crippen LogP contribution in [0, 0.1) is 0 Å². The maximum Gasteiger partial charge on any atom is 0.405 e. The molecule has 11 heteroatoms. The van der Waals surface area contributed by atoms with E-state index in [4.69, 9.17) is 4.74 Å². The van der Waals surface area contributed by atoms with Gasteiger partial charge in [0.25, 0.3) is 0 Å². The van der Waals surface area contributed by atoms with Crippen LogP contribution in [-0.2, 0) is 16.6 Å². The molecule has 130 valence electrons. The first kappa shape index (κ1) is 17.9. The van der Waals surface area contributed by atoms with Crippen LogP contribution < -0.4 is 10.2 Å². The molecular weight excluding hydrogens is 335 g/mol. The Hall–Kier alpha value is -1.49. The summed E-state index contributed by atoms with van der Waals surface area (Å²) in [7, 11) is 1.76. The van der Waals surface area contributed by atoms with E-state index < -0.39 is 23.9 Å². The number of aromatic nitrogens is 3. The normalized spacial score (nSPS) is 17.2. The molecule has 1 unspecified atom stereocenters. The number of carbonyl (C=O) groups excluding carboxylic acids is 1. The van der Waals surface area contributed by atoms with Crippen molar-refractivity contribution in [3.05, 3.63) is 0 Å². The predicted molar refractivity (Wildman–Crippen MR) is 78.4 cm³/mol. The average molecular weight is 353 g/mol. The van der Waals surface area contributed by atoms with Crippen molar-refractivity contribution in [2.45, 2.75) is 23.5 Å². The molecular formula is C12H18F3N5O2S. The lowest BCUT2D eigenvalue weighted by molar-refractivity contribution is -0.137. The number of nitrogens with zero attached hydrogens (tertiary/aromatic N) is 4. The van der Waals surface area contributed by atoms with E-state index in [-0.39, 0.29) is 0 Å². The van der Waals surface area contributed by atoms with Crippen molar-refractivity contribution in [3.8, 4) is 0 Å². The fraction of sp³-hybridized carbons (Fsp3) is 0.750. The molecule has 0 aromatic carbocycles. The van der Waals surface area contributed by atoms with Crippen molar-refractivity contribution in [1.29, 1.82) is 0 Å². The minimum Gasteiger partial charge on any atom is -0.378 e. The standard InChI is InChI=1S/C12H18F3N5O2S/c1-8(9(21)16-7-12(13,14)15)23-11-18-17-10(19(11)2)20-3-5-22-6-4-20/h8H,3-7H2,1-2H3,(H,16,21). The van der Waals surface area contributed by atoms with Gasteiger partial charge in [-0.25, -0.2) is 0 Å². The molecule has 23 heavy (non-hydrogen) atoms. The highest BCUT2D eigenvalue weighted by atomic mass is 32.2. The highest BCUT2D eigenvalue weighted by molar-refractivity contribution is 8.00. The molecule has 0 radical (unpaired) electrons. The smallest absolute Gasteiger partial charge is 0.378 e. The van der Waals surface area contributed by atoms with E-state index in [0.717, 1.165) is 11.8 Å². The van der Waals surface area contributed by atoms with Gasteiger partial charge in [-0.05, 0) is 6.92 Å². The second-order valence-electron chi connectivity index (χ2n) is 5.03. The molecule has 1 atom stereocenters. The molecule has 7 nitrogen and oxygen atoms in total. The predicted octanol–water partition coefficient (Wildman–Crippen LogP) is 0.811. The van der Waals surface area contributed by atoms with E-state index in [2.05, 4.69) is 10.2 Å². The Kier molecular flexibility index (Phi) is 5.74. The van der Waals surface area contributed by atoms with E-state index in [9.17, 15) is 18.0 Å². The quantitative estimate of drug-likeness (QED) is 0.790. The lowest BCUT2D eigenvalue weighted by Crippen LogP contribution is -2.38. The van der Waals surface area contributed by atoms with Crippen LogP contribution in [0.2, 0.25) is 0 Å². The third-order valence-corrected chi connectivity index (χ3v) is 4.35. The van der Waals surface area contributed by atoms with Crippen LogP contribution in [0.5, 0.6) is 0 Å². The number of ether oxygens (including phenoxy) is 1. The molecule has 2 heterocycles. The number of morpholine rings is 1. The molecule has 0 saturated carbocycles. The number of nitrogens with one attached hydrogen (secondary N) is 1. The summed E-state index contributed by atoms with van der Waals surface area (Å²) in [4.78, 5) is 13.7. The van der Waals surface area contributed by atoms with Crippen molar-refractivity contribution < 1.29 is 22.7 Å². The summed E-state index contributed by atoms with van der Waals surface area (Å²) in [6, 6.07) is 0. The molecule has 1 aromatic rings. The summed E-state index contributed by atoms with van der Waals surface area (Å²) in [6.45, 7) is 2.78. The molecule has 1 amide bonds. The van der Waals surface area contributed by atoms with Gasteiger partial charge < -0.3 is 15.0 Å². The van der Waals surface area contributed by atoms with Crippen molar-refractivity contribution in [1.82, 2.24) is 20.1 Å². The van der Waals surface area contributed by atoms with E-state index >= 15 is 0 Å². The van der Waals surface area contributed by atoms with Crippen LogP contribution in [-0.4, -0.2) is 64.9 Å². The first-order valence-electron chi connectivity index (χ1n) is 7.01. The highest BCUT2D eigenvalue weighted by Gasteiger charge is 2.29. The molecule has 1 aliphatic heterocycles. The summed E-state index contributed by atoms with van der Waals surface area (Å²) in [5, 5.41) is 9.73. The summed E-state index contributed by atoms with van der Waals surface area (Å²) in [5.74, 6) is -0.0399. The molecule has 0 bridgehead atoms. The highest BCUT2D eigenvalue weighted by Crippen LogP contribution is 2.25. The molecule has 0 aliphatic carbocycles. The minimum atomic E-state index is -4.42. The van der Waals surface area contributed by atoms with Gasteiger partial charge in [0.1, 0.15) is 6.54 Å². The first-order chi connectivity index (χ1) is 10.8. The Morgan fingerprint density at radius 1 is 1.39 bits per heavy atom. The molecule has 0 spiro atoms. The van der Waals surface area contributed by atoms with Crippen LogP contribution in [0.4, 0.5) is 19.1 Å². The number of anilines is 1. The van der Waals surface area contributed by atoms with Gasteiger partial charge in [0.05, 0.1) is 18.5 Å². The Bertz CT molecular complexity index is 545. The van der Waals surface area contributed by atoms with Crippen molar-refractivity contribution in [2.75, 3.05) is 37.7 Å². The number of rotatable bonds is 5. The molecule has 1 aromatic heterocycles. The van der Waals surface area contributed by atoms with E-state index in [1.165, 1.54) is 6.92 Å². The Morgan fingerprint density at radius 2 is 2.04 bits per heavy atom. The first-order valence-corrected chi connectivity index (χ1v) is 7.89. The summed E-state index contributed by atoms with van der Waals surface area (Å²) < 4.78 is 43.3. The third kappa shape index (κ3) is 4.99. The number of alkyl halides is 3. The largest absolute Gasteiger partial charge is 0.405 e. The van der Waals surface area contributed by atoms with Crippen LogP contribution in [0.3, 0.4) is 0 Å². The minimum absolute atomic E-state index is 0.473. The van der Waals surface area contributed by atoms with Gasteiger partial charge in [-0.15, -0.1) is 10.2 Å². The lowest BCUT2D eigenvalue weighted by Gasteiger charge is -2.27. The fourth-order valence-electron chi connectivity index (χ4n) is 1.99. The second-order valence-corrected chi connectivity index (χ2v) is 6.34. The second kappa shape index (κ2) is 7.39. The van der Waals surface area contributed by atoms with Gasteiger partial charge in [0.2, 0.25) is 11.9 Å². The maximum atomic E-state index is 12.1. The van der Waals surface area contributed by atoms with Crippen molar-refractivity contribution in [3.63, 3.8) is 0 Å². The van der Waals surface area contributed by atoms with Crippen molar-refractivity contribution >= 4 is 23.6 Å². The Labute approximate surface area is 135 Å². The van der Waals surface area contributed by atoms with Gasteiger partial charge in [-0.3, -0.25) is 9.36 Å². The SMILES string of the molecule is CC(Sc1nnc(N2CCOCC2)n1C)C(=O)NCC(F)(F)F. The van der Waals surface area contributed by atoms with E-state index in [1.54, 1.807) is 11.6 Å². The van der Waals surface area contributed by atoms with Gasteiger partial charge in [0, 0.05) is 20.1 Å². The third-order valence-electron chi connectivity index (χ3n) is 3.22. The van der Waals surface area contributed by atoms with Crippen LogP contribution >= 0.6 is 11.8 Å². The van der Waals surface area contributed by atoms with Crippen LogP contribution in [0.15, 0.2) is 5.16 Å². The lowest BCUT2D eigenvalue weighted by atomic mass is 10.4. The number of amides is 1. The molecule has 1 N–H and O–H groups in total. The molecule has 1 fully saturated rings. The molecule has 2 rings (SSSR count). The number of carbonyl (C=O) groups is 1. The topological polar surface area (TPSA) is 72.3 Å². The molecule has 1 aliphatic rings. The van der Waals surface area contributed by atoms with Crippen LogP contribution in [0.1, 0.15) is 6.92 Å². The number of hydrogen-bond donors (Lipinski definition) is 1. The van der Waals surface area contributed by atoms with Crippen LogP contribution in [0.25, 0.3) is 0 Å². The number of halogens is 3. The van der Waals surface area contributed by atoms with E-state index in [1.807, 2.05) is 10.2 Å². The average Bonchev–Trinajstić information content (AvgIpc) is 2.86.